The maximum atomic E-state index is 12.2. The van der Waals surface area contributed by atoms with E-state index in [4.69, 9.17) is 0 Å². The van der Waals surface area contributed by atoms with Crippen LogP contribution < -0.4 is 10.9 Å². The van der Waals surface area contributed by atoms with Gasteiger partial charge in [0, 0.05) is 4.88 Å². The maximum absolute atomic E-state index is 12.2. The molecule has 2 aromatic rings. The Morgan fingerprint density at radius 3 is 2.70 bits per heavy atom. The molecule has 1 amide bonds. The van der Waals surface area contributed by atoms with Crippen molar-refractivity contribution in [3.63, 3.8) is 0 Å². The second-order valence-corrected chi connectivity index (χ2v) is 6.20. The first-order valence-electron chi connectivity index (χ1n) is 7.06. The third kappa shape index (κ3) is 3.02. The second kappa shape index (κ2) is 6.09. The van der Waals surface area contributed by atoms with Crippen molar-refractivity contribution < 1.29 is 4.79 Å². The molecule has 1 aliphatic rings. The first-order valence-corrected chi connectivity index (χ1v) is 7.87. The van der Waals surface area contributed by atoms with Gasteiger partial charge in [0.05, 0.1) is 10.6 Å². The molecule has 1 heterocycles. The Hall–Kier alpha value is -1.81. The number of aryl methyl sites for hydroxylation is 2. The van der Waals surface area contributed by atoms with Crippen molar-refractivity contribution in [1.29, 1.82) is 0 Å². The van der Waals surface area contributed by atoms with Gasteiger partial charge in [-0.1, -0.05) is 24.6 Å². The van der Waals surface area contributed by atoms with Crippen molar-refractivity contribution in [1.82, 2.24) is 5.43 Å². The summed E-state index contributed by atoms with van der Waals surface area (Å²) in [5, 5.41) is 0. The zero-order valence-electron chi connectivity index (χ0n) is 11.3. The van der Waals surface area contributed by atoms with Crippen LogP contribution in [0, 0.1) is 0 Å². The lowest BCUT2D eigenvalue weighted by molar-refractivity contribution is 0.0966. The van der Waals surface area contributed by atoms with Crippen molar-refractivity contribution in [3.8, 4) is 0 Å². The summed E-state index contributed by atoms with van der Waals surface area (Å²) >= 11 is 1.64. The van der Waals surface area contributed by atoms with E-state index in [0.717, 1.165) is 23.4 Å². The van der Waals surface area contributed by atoms with Gasteiger partial charge < -0.3 is 0 Å². The first-order chi connectivity index (χ1) is 9.83. The molecule has 0 radical (unpaired) electrons. The number of fused-ring (bicyclic) bond motifs is 1. The van der Waals surface area contributed by atoms with E-state index in [1.54, 1.807) is 11.3 Å². The van der Waals surface area contributed by atoms with Crippen LogP contribution in [0.5, 0.6) is 0 Å². The molecule has 20 heavy (non-hydrogen) atoms. The number of para-hydroxylation sites is 1. The van der Waals surface area contributed by atoms with E-state index in [1.165, 1.54) is 29.7 Å². The Balaban J connectivity index is 1.65. The maximum Gasteiger partial charge on any atom is 0.279 e. The van der Waals surface area contributed by atoms with Gasteiger partial charge >= 0.3 is 0 Å². The van der Waals surface area contributed by atoms with Gasteiger partial charge in [-0.3, -0.25) is 15.6 Å². The van der Waals surface area contributed by atoms with Crippen LogP contribution in [0.25, 0.3) is 0 Å². The molecule has 1 aromatic carbocycles. The molecule has 1 aromatic heterocycles. The van der Waals surface area contributed by atoms with Gasteiger partial charge in [0.15, 0.2) is 0 Å². The van der Waals surface area contributed by atoms with Crippen molar-refractivity contribution in [2.24, 2.45) is 0 Å². The molecule has 4 heteroatoms. The van der Waals surface area contributed by atoms with Crippen molar-refractivity contribution >= 4 is 22.9 Å². The molecule has 0 bridgehead atoms. The SMILES string of the molecule is O=C(NNc1ccccc1)c1cc2c(s1)CCCCC2. The number of nitrogens with one attached hydrogen (secondary N) is 2. The Labute approximate surface area is 123 Å². The van der Waals surface area contributed by atoms with Gasteiger partial charge in [0.25, 0.3) is 5.91 Å². The Morgan fingerprint density at radius 2 is 1.85 bits per heavy atom. The number of carbonyl (C=O) groups is 1. The number of rotatable bonds is 3. The van der Waals surface area contributed by atoms with Crippen LogP contribution in [0.3, 0.4) is 0 Å². The standard InChI is InChI=1S/C16H18N2OS/c19-16(18-17-13-8-4-2-5-9-13)15-11-12-7-3-1-6-10-14(12)20-15/h2,4-5,8-9,11,17H,1,3,6-7,10H2,(H,18,19). The van der Waals surface area contributed by atoms with Gasteiger partial charge in [-0.25, -0.2) is 0 Å². The second-order valence-electron chi connectivity index (χ2n) is 5.06. The molecular formula is C16H18N2OS. The fourth-order valence-electron chi connectivity index (χ4n) is 2.49. The Morgan fingerprint density at radius 1 is 1.05 bits per heavy atom. The number of anilines is 1. The number of hydrogen-bond acceptors (Lipinski definition) is 3. The van der Waals surface area contributed by atoms with E-state index >= 15 is 0 Å². The highest BCUT2D eigenvalue weighted by Crippen LogP contribution is 2.28. The smallest absolute Gasteiger partial charge is 0.279 e. The summed E-state index contributed by atoms with van der Waals surface area (Å²) in [6, 6.07) is 11.7. The predicted octanol–water partition coefficient (Wildman–Crippen LogP) is 3.77. The summed E-state index contributed by atoms with van der Waals surface area (Å²) < 4.78 is 0. The lowest BCUT2D eigenvalue weighted by Crippen LogP contribution is -2.28. The van der Waals surface area contributed by atoms with Crippen molar-refractivity contribution in [2.45, 2.75) is 32.1 Å². The molecule has 1 aliphatic carbocycles. The number of amides is 1. The highest BCUT2D eigenvalue weighted by Gasteiger charge is 2.16. The largest absolute Gasteiger partial charge is 0.298 e. The molecule has 0 unspecified atom stereocenters. The van der Waals surface area contributed by atoms with Crippen LogP contribution in [0.4, 0.5) is 5.69 Å². The summed E-state index contributed by atoms with van der Waals surface area (Å²) in [4.78, 5) is 14.4. The molecule has 0 saturated heterocycles. The highest BCUT2D eigenvalue weighted by atomic mass is 32.1. The molecule has 0 saturated carbocycles. The topological polar surface area (TPSA) is 41.1 Å². The zero-order chi connectivity index (χ0) is 13.8. The van der Waals surface area contributed by atoms with Crippen LogP contribution >= 0.6 is 11.3 Å². The number of carbonyl (C=O) groups excluding carboxylic acids is 1. The van der Waals surface area contributed by atoms with E-state index in [0.29, 0.717) is 0 Å². The van der Waals surface area contributed by atoms with E-state index in [-0.39, 0.29) is 5.91 Å². The average Bonchev–Trinajstić information content (AvgIpc) is 2.77. The molecule has 0 fully saturated rings. The fraction of sp³-hybridized carbons (Fsp3) is 0.312. The van der Waals surface area contributed by atoms with Crippen LogP contribution in [-0.4, -0.2) is 5.91 Å². The summed E-state index contributed by atoms with van der Waals surface area (Å²) in [5.74, 6) is -0.0491. The lowest BCUT2D eigenvalue weighted by Gasteiger charge is -2.06. The van der Waals surface area contributed by atoms with Crippen LogP contribution in [0.2, 0.25) is 0 Å². The number of hydrazine groups is 1. The molecule has 3 rings (SSSR count). The van der Waals surface area contributed by atoms with Crippen LogP contribution in [0.15, 0.2) is 36.4 Å². The molecule has 2 N–H and O–H groups in total. The Bertz CT molecular complexity index is 568. The van der Waals surface area contributed by atoms with Crippen molar-refractivity contribution in [2.75, 3.05) is 5.43 Å². The monoisotopic (exact) mass is 286 g/mol. The lowest BCUT2D eigenvalue weighted by atomic mass is 10.1. The fourth-order valence-corrected chi connectivity index (χ4v) is 3.64. The average molecular weight is 286 g/mol. The normalized spacial score (nSPS) is 14.2. The molecule has 104 valence electrons. The van der Waals surface area contributed by atoms with Gasteiger partial charge in [0.1, 0.15) is 0 Å². The number of hydrogen-bond donors (Lipinski definition) is 2. The Kier molecular flexibility index (Phi) is 4.02. The minimum absolute atomic E-state index is 0.0491. The van der Waals surface area contributed by atoms with Gasteiger partial charge in [-0.05, 0) is 49.4 Å². The molecule has 0 atom stereocenters. The summed E-state index contributed by atoms with van der Waals surface area (Å²) in [6.07, 6.45) is 6.03. The molecule has 3 nitrogen and oxygen atoms in total. The van der Waals surface area contributed by atoms with E-state index < -0.39 is 0 Å². The highest BCUT2D eigenvalue weighted by molar-refractivity contribution is 7.14. The third-order valence-electron chi connectivity index (χ3n) is 3.56. The van der Waals surface area contributed by atoms with Gasteiger partial charge in [0.2, 0.25) is 0 Å². The zero-order valence-corrected chi connectivity index (χ0v) is 12.1. The van der Waals surface area contributed by atoms with Crippen molar-refractivity contribution in [3.05, 3.63) is 51.7 Å². The predicted molar refractivity (Wildman–Crippen MR) is 83.1 cm³/mol. The van der Waals surface area contributed by atoms with Gasteiger partial charge in [-0.15, -0.1) is 11.3 Å². The number of thiophene rings is 1. The third-order valence-corrected chi connectivity index (χ3v) is 4.80. The summed E-state index contributed by atoms with van der Waals surface area (Å²) in [6.45, 7) is 0. The van der Waals surface area contributed by atoms with Crippen LogP contribution in [0.1, 0.15) is 39.4 Å². The van der Waals surface area contributed by atoms with Gasteiger partial charge in [-0.2, -0.15) is 0 Å². The molecule has 0 aliphatic heterocycles. The number of benzene rings is 1. The minimum Gasteiger partial charge on any atom is -0.298 e. The molecule has 0 spiro atoms. The quantitative estimate of drug-likeness (QED) is 0.666. The molecular weight excluding hydrogens is 268 g/mol. The minimum atomic E-state index is -0.0491. The first kappa shape index (κ1) is 13.2. The summed E-state index contributed by atoms with van der Waals surface area (Å²) in [7, 11) is 0. The summed E-state index contributed by atoms with van der Waals surface area (Å²) in [5.41, 5.74) is 7.96. The van der Waals surface area contributed by atoms with E-state index in [9.17, 15) is 4.79 Å². The van der Waals surface area contributed by atoms with E-state index in [1.807, 2.05) is 30.3 Å². The van der Waals surface area contributed by atoms with E-state index in [2.05, 4.69) is 16.9 Å². The van der Waals surface area contributed by atoms with Crippen LogP contribution in [-0.2, 0) is 12.8 Å².